The van der Waals surface area contributed by atoms with Crippen LogP contribution in [0.1, 0.15) is 64.7 Å². The lowest BCUT2D eigenvalue weighted by molar-refractivity contribution is 0.0601. The minimum Gasteiger partial charge on any atom is -0.382 e. The van der Waals surface area contributed by atoms with Crippen LogP contribution in [-0.2, 0) is 4.74 Å². The van der Waals surface area contributed by atoms with E-state index < -0.39 is 8.07 Å². The number of rotatable bonds is 4. The molecule has 1 atom stereocenters. The Balaban J connectivity index is 2.60. The van der Waals surface area contributed by atoms with E-state index in [0.29, 0.717) is 5.73 Å². The quantitative estimate of drug-likeness (QED) is 0.621. The van der Waals surface area contributed by atoms with Gasteiger partial charge in [-0.05, 0) is 25.7 Å². The normalized spacial score (nSPS) is 22.7. The molecule has 0 amide bonds. The summed E-state index contributed by atoms with van der Waals surface area (Å²) in [6, 6.07) is 0. The summed E-state index contributed by atoms with van der Waals surface area (Å²) >= 11 is 0. The van der Waals surface area contributed by atoms with E-state index in [9.17, 15) is 0 Å². The molecule has 0 aromatic rings. The molecule has 0 spiro atoms. The van der Waals surface area contributed by atoms with E-state index in [4.69, 9.17) is 4.74 Å². The number of hydrogen-bond acceptors (Lipinski definition) is 1. The molecule has 1 saturated carbocycles. The molecule has 0 N–H and O–H groups in total. The molecule has 0 aromatic carbocycles. The van der Waals surface area contributed by atoms with Crippen LogP contribution in [0.4, 0.5) is 0 Å². The van der Waals surface area contributed by atoms with Crippen molar-refractivity contribution in [3.05, 3.63) is 0 Å². The van der Waals surface area contributed by atoms with Gasteiger partial charge in [-0.25, -0.2) is 0 Å². The predicted molar refractivity (Wildman–Crippen MR) is 83.8 cm³/mol. The molecular formula is C16H34OSi. The van der Waals surface area contributed by atoms with Crippen LogP contribution < -0.4 is 0 Å². The van der Waals surface area contributed by atoms with Crippen molar-refractivity contribution in [1.82, 2.24) is 0 Å². The first kappa shape index (κ1) is 16.2. The molecule has 0 bridgehead atoms. The second-order valence-corrected chi connectivity index (χ2v) is 12.4. The van der Waals surface area contributed by atoms with Crippen LogP contribution in [0.15, 0.2) is 0 Å². The summed E-state index contributed by atoms with van der Waals surface area (Å²) in [6.45, 7) is 10.5. The second kappa shape index (κ2) is 8.37. The van der Waals surface area contributed by atoms with Crippen LogP contribution in [0.3, 0.4) is 0 Å². The Labute approximate surface area is 116 Å². The van der Waals surface area contributed by atoms with Gasteiger partial charge in [0.15, 0.2) is 0 Å². The fourth-order valence-corrected chi connectivity index (χ4v) is 5.83. The first-order valence-corrected chi connectivity index (χ1v) is 11.7. The van der Waals surface area contributed by atoms with E-state index in [0.717, 1.165) is 12.5 Å². The molecule has 18 heavy (non-hydrogen) atoms. The molecule has 0 aromatic heterocycles. The van der Waals surface area contributed by atoms with Crippen molar-refractivity contribution in [3.8, 4) is 0 Å². The van der Waals surface area contributed by atoms with Crippen molar-refractivity contribution in [2.45, 2.75) is 90.1 Å². The summed E-state index contributed by atoms with van der Waals surface area (Å²) in [5.41, 5.74) is 0.585. The summed E-state index contributed by atoms with van der Waals surface area (Å²) in [5, 5.41) is 0. The van der Waals surface area contributed by atoms with Crippen LogP contribution in [0.25, 0.3) is 0 Å². The molecule has 1 unspecified atom stereocenters. The Morgan fingerprint density at radius 2 is 1.33 bits per heavy atom. The molecule has 0 saturated heterocycles. The molecule has 1 aliphatic carbocycles. The Kier molecular flexibility index (Phi) is 7.55. The van der Waals surface area contributed by atoms with Gasteiger partial charge in [0.05, 0.1) is 13.8 Å². The highest BCUT2D eigenvalue weighted by molar-refractivity contribution is 6.77. The molecule has 108 valence electrons. The predicted octanol–water partition coefficient (Wildman–Crippen LogP) is 5.41. The van der Waals surface area contributed by atoms with E-state index in [-0.39, 0.29) is 0 Å². The first-order valence-electron chi connectivity index (χ1n) is 8.17. The maximum absolute atomic E-state index is 6.18. The molecule has 1 rings (SSSR count). The fraction of sp³-hybridized carbons (Fsp3) is 1.00. The van der Waals surface area contributed by atoms with E-state index in [1.54, 1.807) is 0 Å². The molecule has 1 fully saturated rings. The van der Waals surface area contributed by atoms with Gasteiger partial charge in [0.25, 0.3) is 0 Å². The van der Waals surface area contributed by atoms with Crippen molar-refractivity contribution in [1.29, 1.82) is 0 Å². The largest absolute Gasteiger partial charge is 0.382 e. The van der Waals surface area contributed by atoms with Crippen LogP contribution in [0.5, 0.6) is 0 Å². The monoisotopic (exact) mass is 270 g/mol. The molecule has 0 aliphatic heterocycles. The molecular weight excluding hydrogens is 236 g/mol. The average molecular weight is 271 g/mol. The summed E-state index contributed by atoms with van der Waals surface area (Å²) in [6.07, 6.45) is 13.0. The van der Waals surface area contributed by atoms with Gasteiger partial charge in [0.2, 0.25) is 0 Å². The van der Waals surface area contributed by atoms with Crippen molar-refractivity contribution < 1.29 is 4.74 Å². The summed E-state index contributed by atoms with van der Waals surface area (Å²) in [5.74, 6) is 0.842. The minimum atomic E-state index is -1.19. The van der Waals surface area contributed by atoms with E-state index in [1.165, 1.54) is 57.8 Å². The zero-order valence-electron chi connectivity index (χ0n) is 13.1. The maximum atomic E-state index is 6.18. The SMILES string of the molecule is CCOC(C1CCCCCCCCC1)[Si](C)(C)C. The molecule has 2 heteroatoms. The van der Waals surface area contributed by atoms with Gasteiger partial charge < -0.3 is 4.74 Å². The van der Waals surface area contributed by atoms with Crippen molar-refractivity contribution in [2.75, 3.05) is 6.61 Å². The average Bonchev–Trinajstić information content (AvgIpc) is 2.32. The van der Waals surface area contributed by atoms with Gasteiger partial charge in [-0.1, -0.05) is 64.6 Å². The lowest BCUT2D eigenvalue weighted by Gasteiger charge is -2.36. The van der Waals surface area contributed by atoms with Gasteiger partial charge in [-0.15, -0.1) is 0 Å². The van der Waals surface area contributed by atoms with Crippen molar-refractivity contribution >= 4 is 8.07 Å². The highest BCUT2D eigenvalue weighted by Gasteiger charge is 2.33. The summed E-state index contributed by atoms with van der Waals surface area (Å²) < 4.78 is 6.18. The van der Waals surface area contributed by atoms with E-state index >= 15 is 0 Å². The van der Waals surface area contributed by atoms with Crippen LogP contribution >= 0.6 is 0 Å². The topological polar surface area (TPSA) is 9.23 Å². The molecule has 1 nitrogen and oxygen atoms in total. The minimum absolute atomic E-state index is 0.585. The lowest BCUT2D eigenvalue weighted by Crippen LogP contribution is -2.45. The van der Waals surface area contributed by atoms with Gasteiger partial charge in [0.1, 0.15) is 0 Å². The Hall–Kier alpha value is 0.177. The highest BCUT2D eigenvalue weighted by Crippen LogP contribution is 2.30. The zero-order valence-corrected chi connectivity index (χ0v) is 14.1. The molecule has 0 radical (unpaired) electrons. The van der Waals surface area contributed by atoms with Gasteiger partial charge in [-0.3, -0.25) is 0 Å². The molecule has 0 heterocycles. The van der Waals surface area contributed by atoms with Crippen LogP contribution in [-0.4, -0.2) is 20.4 Å². The Bertz CT molecular complexity index is 200. The summed E-state index contributed by atoms with van der Waals surface area (Å²) in [7, 11) is -1.19. The lowest BCUT2D eigenvalue weighted by atomic mass is 9.92. The number of ether oxygens (including phenoxy) is 1. The third-order valence-electron chi connectivity index (χ3n) is 4.28. The van der Waals surface area contributed by atoms with Crippen molar-refractivity contribution in [2.24, 2.45) is 5.92 Å². The standard InChI is InChI=1S/C16H34OSi/c1-5-17-16(18(2,3)4)15-13-11-9-7-6-8-10-12-14-15/h15-16H,5-14H2,1-4H3. The second-order valence-electron chi connectivity index (χ2n) is 7.05. The van der Waals surface area contributed by atoms with Gasteiger partial charge >= 0.3 is 0 Å². The van der Waals surface area contributed by atoms with Gasteiger partial charge in [0, 0.05) is 6.61 Å². The fourth-order valence-electron chi connectivity index (χ4n) is 3.42. The van der Waals surface area contributed by atoms with E-state index in [2.05, 4.69) is 26.6 Å². The van der Waals surface area contributed by atoms with E-state index in [1.807, 2.05) is 0 Å². The third kappa shape index (κ3) is 5.88. The zero-order chi connectivity index (χ0) is 13.4. The van der Waals surface area contributed by atoms with Crippen molar-refractivity contribution in [3.63, 3.8) is 0 Å². The van der Waals surface area contributed by atoms with Gasteiger partial charge in [-0.2, -0.15) is 0 Å². The Morgan fingerprint density at radius 3 is 1.72 bits per heavy atom. The van der Waals surface area contributed by atoms with Crippen LogP contribution in [0, 0.1) is 5.92 Å². The maximum Gasteiger partial charge on any atom is 0.0788 e. The highest BCUT2D eigenvalue weighted by atomic mass is 28.3. The third-order valence-corrected chi connectivity index (χ3v) is 6.62. The number of hydrogen-bond donors (Lipinski definition) is 0. The molecule has 1 aliphatic rings. The Morgan fingerprint density at radius 1 is 0.889 bits per heavy atom. The first-order chi connectivity index (χ1) is 8.55. The summed E-state index contributed by atoms with van der Waals surface area (Å²) in [4.78, 5) is 0. The smallest absolute Gasteiger partial charge is 0.0788 e. The van der Waals surface area contributed by atoms with Crippen LogP contribution in [0.2, 0.25) is 19.6 Å².